The van der Waals surface area contributed by atoms with Gasteiger partial charge < -0.3 is 25.2 Å². The zero-order chi connectivity index (χ0) is 28.2. The Bertz CT molecular complexity index is 1040. The van der Waals surface area contributed by atoms with E-state index in [0.29, 0.717) is 41.1 Å². The molecule has 206 valence electrons. The summed E-state index contributed by atoms with van der Waals surface area (Å²) in [6.07, 6.45) is 0.950. The van der Waals surface area contributed by atoms with Gasteiger partial charge in [-0.15, -0.1) is 0 Å². The fourth-order valence-corrected chi connectivity index (χ4v) is 3.73. The minimum absolute atomic E-state index is 0.228. The molecule has 0 saturated heterocycles. The van der Waals surface area contributed by atoms with E-state index in [4.69, 9.17) is 32.7 Å². The highest BCUT2D eigenvalue weighted by Gasteiger charge is 2.23. The number of nitrogens with one attached hydrogen (secondary N) is 2. The van der Waals surface area contributed by atoms with Crippen LogP contribution in [0.15, 0.2) is 30.3 Å². The molecule has 0 saturated carbocycles. The number of amides is 1. The van der Waals surface area contributed by atoms with E-state index in [0.717, 1.165) is 23.1 Å². The van der Waals surface area contributed by atoms with Gasteiger partial charge >= 0.3 is 12.1 Å². The molecule has 1 atom stereocenters. The predicted molar refractivity (Wildman–Crippen MR) is 150 cm³/mol. The first kappa shape index (κ1) is 32.5. The first-order valence-electron chi connectivity index (χ1n) is 12.5. The minimum atomic E-state index is -1.11. The minimum Gasteiger partial charge on any atom is -0.480 e. The van der Waals surface area contributed by atoms with E-state index in [-0.39, 0.29) is 6.42 Å². The third kappa shape index (κ3) is 12.1. The molecule has 0 aliphatic carbocycles. The Morgan fingerprint density at radius 3 is 2.27 bits per heavy atom. The van der Waals surface area contributed by atoms with Crippen molar-refractivity contribution in [1.82, 2.24) is 10.6 Å². The number of ether oxygens (including phenoxy) is 2. The summed E-state index contributed by atoms with van der Waals surface area (Å²) in [6, 6.07) is 8.24. The summed E-state index contributed by atoms with van der Waals surface area (Å²) in [5.41, 5.74) is 2.43. The molecule has 0 aromatic heterocycles. The third-order valence-electron chi connectivity index (χ3n) is 5.19. The zero-order valence-corrected chi connectivity index (χ0v) is 24.3. The number of carbonyl (C=O) groups is 2. The van der Waals surface area contributed by atoms with Gasteiger partial charge in [-0.1, -0.05) is 37.0 Å². The van der Waals surface area contributed by atoms with Crippen molar-refractivity contribution in [3.8, 4) is 11.5 Å². The number of carboxylic acids is 1. The molecule has 0 aliphatic heterocycles. The quantitative estimate of drug-likeness (QED) is 0.252. The van der Waals surface area contributed by atoms with E-state index in [9.17, 15) is 14.7 Å². The molecule has 0 bridgehead atoms. The second kappa shape index (κ2) is 15.7. The fourth-order valence-electron chi connectivity index (χ4n) is 3.28. The van der Waals surface area contributed by atoms with E-state index in [2.05, 4.69) is 10.6 Å². The molecular weight excluding hydrogens is 515 g/mol. The summed E-state index contributed by atoms with van der Waals surface area (Å²) in [4.78, 5) is 23.3. The van der Waals surface area contributed by atoms with Crippen LogP contribution in [-0.4, -0.2) is 41.9 Å². The molecule has 2 aromatic rings. The van der Waals surface area contributed by atoms with Crippen molar-refractivity contribution in [3.05, 3.63) is 57.1 Å². The largest absolute Gasteiger partial charge is 0.480 e. The molecule has 2 rings (SSSR count). The van der Waals surface area contributed by atoms with Crippen molar-refractivity contribution in [2.45, 2.75) is 79.4 Å². The maximum absolute atomic E-state index is 11.9. The number of benzene rings is 2. The molecule has 3 N–H and O–H groups in total. The summed E-state index contributed by atoms with van der Waals surface area (Å²) >= 11 is 12.6. The molecule has 9 heteroatoms. The van der Waals surface area contributed by atoms with Gasteiger partial charge in [0, 0.05) is 5.02 Å². The van der Waals surface area contributed by atoms with Crippen LogP contribution < -0.4 is 15.4 Å². The number of hydrogen-bond donors (Lipinski definition) is 3. The molecule has 1 unspecified atom stereocenters. The van der Waals surface area contributed by atoms with Crippen LogP contribution in [0.3, 0.4) is 0 Å². The second-order valence-corrected chi connectivity index (χ2v) is 10.2. The number of carbonyl (C=O) groups excluding carboxylic acids is 1. The van der Waals surface area contributed by atoms with Crippen molar-refractivity contribution in [2.75, 3.05) is 13.1 Å². The summed E-state index contributed by atoms with van der Waals surface area (Å²) < 4.78 is 11.2. The van der Waals surface area contributed by atoms with Gasteiger partial charge in [-0.25, -0.2) is 9.59 Å². The SMILES string of the molecule is CC.Cc1cc(Cl)c(Oc2ccc(Cl)cc2CCCNCCC(NC(=O)OC(C)(C)C)C(=O)O)cc1C. The lowest BCUT2D eigenvalue weighted by atomic mass is 10.1. The van der Waals surface area contributed by atoms with Crippen LogP contribution in [0.4, 0.5) is 4.79 Å². The van der Waals surface area contributed by atoms with Crippen LogP contribution in [0.2, 0.25) is 10.0 Å². The maximum atomic E-state index is 11.9. The number of aliphatic carboxylic acids is 1. The van der Waals surface area contributed by atoms with Crippen molar-refractivity contribution in [3.63, 3.8) is 0 Å². The Morgan fingerprint density at radius 2 is 1.65 bits per heavy atom. The highest BCUT2D eigenvalue weighted by Crippen LogP contribution is 2.34. The average Bonchev–Trinajstić information content (AvgIpc) is 2.80. The van der Waals surface area contributed by atoms with E-state index >= 15 is 0 Å². The molecular formula is C28H40Cl2N2O5. The van der Waals surface area contributed by atoms with Crippen molar-refractivity contribution in [1.29, 1.82) is 0 Å². The van der Waals surface area contributed by atoms with Crippen LogP contribution in [0, 0.1) is 13.8 Å². The Hall–Kier alpha value is -2.48. The number of hydrogen-bond acceptors (Lipinski definition) is 5. The first-order valence-corrected chi connectivity index (χ1v) is 13.3. The van der Waals surface area contributed by atoms with Crippen LogP contribution in [0.25, 0.3) is 0 Å². The lowest BCUT2D eigenvalue weighted by Crippen LogP contribution is -2.44. The Balaban J connectivity index is 0.00000334. The van der Waals surface area contributed by atoms with Crippen LogP contribution >= 0.6 is 23.2 Å². The topological polar surface area (TPSA) is 96.9 Å². The summed E-state index contributed by atoms with van der Waals surface area (Å²) in [5, 5.41) is 16.1. The predicted octanol–water partition coefficient (Wildman–Crippen LogP) is 7.32. The number of halogens is 2. The second-order valence-electron chi connectivity index (χ2n) is 9.40. The van der Waals surface area contributed by atoms with Gasteiger partial charge in [-0.2, -0.15) is 0 Å². The van der Waals surface area contributed by atoms with Crippen LogP contribution in [0.5, 0.6) is 11.5 Å². The Labute approximate surface area is 230 Å². The summed E-state index contributed by atoms with van der Waals surface area (Å²) in [5.74, 6) is 0.170. The highest BCUT2D eigenvalue weighted by atomic mass is 35.5. The summed E-state index contributed by atoms with van der Waals surface area (Å²) in [7, 11) is 0. The van der Waals surface area contributed by atoms with Crippen LogP contribution in [0.1, 0.15) is 64.2 Å². The van der Waals surface area contributed by atoms with Gasteiger partial charge in [0.1, 0.15) is 23.1 Å². The standard InChI is InChI=1S/C26H34Cl2N2O5.C2H6/c1-16-13-20(28)23(14-17(16)2)34-22-9-8-19(27)15-18(22)7-6-11-29-12-10-21(24(31)32)30-25(33)35-26(3,4)5;1-2/h8-9,13-15,21,29H,6-7,10-12H2,1-5H3,(H,30,33)(H,31,32);1-2H3. The van der Waals surface area contributed by atoms with Crippen LogP contribution in [-0.2, 0) is 16.0 Å². The van der Waals surface area contributed by atoms with E-state index in [1.807, 2.05) is 52.0 Å². The molecule has 0 aliphatic rings. The smallest absolute Gasteiger partial charge is 0.408 e. The number of alkyl carbamates (subject to hydrolysis) is 1. The van der Waals surface area contributed by atoms with Gasteiger partial charge in [0.2, 0.25) is 0 Å². The van der Waals surface area contributed by atoms with E-state index < -0.39 is 23.7 Å². The lowest BCUT2D eigenvalue weighted by Gasteiger charge is -2.22. The monoisotopic (exact) mass is 554 g/mol. The third-order valence-corrected chi connectivity index (χ3v) is 5.72. The van der Waals surface area contributed by atoms with E-state index in [1.54, 1.807) is 26.8 Å². The number of carboxylic acid groups (broad SMARTS) is 1. The number of rotatable bonds is 11. The normalized spacial score (nSPS) is 11.7. The maximum Gasteiger partial charge on any atom is 0.408 e. The van der Waals surface area contributed by atoms with Gasteiger partial charge in [0.25, 0.3) is 0 Å². The molecule has 0 spiro atoms. The Kier molecular flexibility index (Phi) is 13.8. The van der Waals surface area contributed by atoms with Crippen molar-refractivity contribution >= 4 is 35.3 Å². The highest BCUT2D eigenvalue weighted by molar-refractivity contribution is 6.32. The first-order chi connectivity index (χ1) is 17.4. The Morgan fingerprint density at radius 1 is 1.00 bits per heavy atom. The van der Waals surface area contributed by atoms with Crippen molar-refractivity contribution < 1.29 is 24.2 Å². The van der Waals surface area contributed by atoms with Gasteiger partial charge in [-0.3, -0.25) is 0 Å². The molecule has 0 heterocycles. The molecule has 7 nitrogen and oxygen atoms in total. The van der Waals surface area contributed by atoms with Gasteiger partial charge in [-0.05, 0) is 114 Å². The van der Waals surface area contributed by atoms with Crippen molar-refractivity contribution in [2.24, 2.45) is 0 Å². The molecule has 2 aromatic carbocycles. The van der Waals surface area contributed by atoms with Gasteiger partial charge in [0.15, 0.2) is 0 Å². The number of aryl methyl sites for hydroxylation is 3. The summed E-state index contributed by atoms with van der Waals surface area (Å²) in [6.45, 7) is 14.2. The fraction of sp³-hybridized carbons (Fsp3) is 0.500. The average molecular weight is 556 g/mol. The molecule has 1 amide bonds. The van der Waals surface area contributed by atoms with Gasteiger partial charge in [0.05, 0.1) is 5.02 Å². The molecule has 37 heavy (non-hydrogen) atoms. The lowest BCUT2D eigenvalue weighted by molar-refractivity contribution is -0.139. The molecule has 0 fully saturated rings. The zero-order valence-electron chi connectivity index (χ0n) is 22.8. The van der Waals surface area contributed by atoms with E-state index in [1.165, 1.54) is 0 Å². The molecule has 0 radical (unpaired) electrons.